The zero-order chi connectivity index (χ0) is 18.8. The monoisotopic (exact) mass is 374 g/mol. The summed E-state index contributed by atoms with van der Waals surface area (Å²) in [5, 5.41) is 4.84. The van der Waals surface area contributed by atoms with Crippen LogP contribution in [-0.4, -0.2) is 24.9 Å². The molecule has 1 aromatic carbocycles. The Morgan fingerprint density at radius 3 is 2.54 bits per heavy atom. The van der Waals surface area contributed by atoms with Crippen LogP contribution in [0.1, 0.15) is 18.9 Å². The molecule has 1 N–H and O–H groups in total. The molecule has 2 aromatic heterocycles. The number of hydrogen-bond donors (Lipinski definition) is 1. The molecule has 2 heterocycles. The minimum atomic E-state index is -0.417. The van der Waals surface area contributed by atoms with E-state index in [2.05, 4.69) is 15.5 Å². The summed E-state index contributed by atoms with van der Waals surface area (Å²) in [4.78, 5) is 29.1. The molecule has 0 spiro atoms. The Morgan fingerprint density at radius 1 is 1.19 bits per heavy atom. The summed E-state index contributed by atoms with van der Waals surface area (Å²) in [5.41, 5.74) is 3.65. The Bertz CT molecular complexity index is 1090. The minimum Gasteiger partial charge on any atom is -0.303 e. The van der Waals surface area contributed by atoms with E-state index in [0.717, 1.165) is 16.6 Å². The molecule has 3 aromatic rings. The zero-order valence-electron chi connectivity index (χ0n) is 14.7. The number of hydrazone groups is 1. The van der Waals surface area contributed by atoms with Crippen molar-refractivity contribution in [3.63, 3.8) is 0 Å². The zero-order valence-corrected chi connectivity index (χ0v) is 15.5. The van der Waals surface area contributed by atoms with E-state index in [1.807, 2.05) is 19.1 Å². The van der Waals surface area contributed by atoms with Gasteiger partial charge in [-0.3, -0.25) is 13.9 Å². The lowest BCUT2D eigenvalue weighted by Crippen LogP contribution is -2.37. The number of aromatic nitrogens is 4. The molecule has 8 nitrogen and oxygen atoms in total. The van der Waals surface area contributed by atoms with Crippen molar-refractivity contribution in [2.45, 2.75) is 19.9 Å². The number of nitrogens with one attached hydrogen (secondary N) is 1. The summed E-state index contributed by atoms with van der Waals surface area (Å²) in [6.45, 7) is 2.57. The summed E-state index contributed by atoms with van der Waals surface area (Å²) in [6.07, 6.45) is 2.43. The molecule has 3 rings (SSSR count). The summed E-state index contributed by atoms with van der Waals surface area (Å²) < 4.78 is 4.18. The van der Waals surface area contributed by atoms with Crippen LogP contribution in [0.2, 0.25) is 5.02 Å². The van der Waals surface area contributed by atoms with Gasteiger partial charge in [0, 0.05) is 25.7 Å². The number of benzene rings is 1. The molecule has 0 unspecified atom stereocenters. The first-order valence-corrected chi connectivity index (χ1v) is 8.52. The van der Waals surface area contributed by atoms with Crippen LogP contribution in [-0.2, 0) is 20.6 Å². The van der Waals surface area contributed by atoms with E-state index in [4.69, 9.17) is 11.6 Å². The fourth-order valence-electron chi connectivity index (χ4n) is 2.69. The van der Waals surface area contributed by atoms with Crippen molar-refractivity contribution in [1.29, 1.82) is 0 Å². The Balaban J connectivity index is 2.05. The molecule has 0 aliphatic carbocycles. The first kappa shape index (κ1) is 17.9. The highest BCUT2D eigenvalue weighted by Gasteiger charge is 2.18. The third kappa shape index (κ3) is 3.15. The van der Waals surface area contributed by atoms with Gasteiger partial charge in [-0.15, -0.1) is 0 Å². The van der Waals surface area contributed by atoms with Gasteiger partial charge in [-0.2, -0.15) is 10.1 Å². The predicted molar refractivity (Wildman–Crippen MR) is 103 cm³/mol. The van der Waals surface area contributed by atoms with E-state index >= 15 is 0 Å². The molecule has 26 heavy (non-hydrogen) atoms. The van der Waals surface area contributed by atoms with E-state index in [1.165, 1.54) is 11.6 Å². The average Bonchev–Trinajstić information content (AvgIpc) is 2.99. The van der Waals surface area contributed by atoms with Crippen LogP contribution < -0.4 is 16.7 Å². The van der Waals surface area contributed by atoms with Gasteiger partial charge in [-0.1, -0.05) is 30.7 Å². The number of nitrogens with zero attached hydrogens (tertiary/aromatic N) is 5. The van der Waals surface area contributed by atoms with Crippen molar-refractivity contribution in [2.24, 2.45) is 19.2 Å². The highest BCUT2D eigenvalue weighted by molar-refractivity contribution is 6.30. The first-order chi connectivity index (χ1) is 12.4. The van der Waals surface area contributed by atoms with Crippen molar-refractivity contribution < 1.29 is 0 Å². The standard InChI is InChI=1S/C17H19ClN6O2/c1-4-9-24-13-14(22(2)17(26)23(3)15(13)25)20-16(24)21-19-10-11-5-7-12(18)8-6-11/h5-8,10H,4,9H2,1-3H3,(H,20,21)/b19-10-. The number of hydrogen-bond acceptors (Lipinski definition) is 5. The van der Waals surface area contributed by atoms with Gasteiger partial charge in [0.15, 0.2) is 11.2 Å². The number of halogens is 1. The largest absolute Gasteiger partial charge is 0.332 e. The molecule has 0 atom stereocenters. The fraction of sp³-hybridized carbons (Fsp3) is 0.294. The van der Waals surface area contributed by atoms with Gasteiger partial charge in [-0.05, 0) is 24.1 Å². The van der Waals surface area contributed by atoms with Crippen LogP contribution in [0.3, 0.4) is 0 Å². The SMILES string of the molecule is CCCn1c(N/N=C\c2ccc(Cl)cc2)nc2c1c(=O)n(C)c(=O)n2C. The number of rotatable bonds is 5. The molecule has 0 fully saturated rings. The van der Waals surface area contributed by atoms with Crippen LogP contribution in [0.4, 0.5) is 5.95 Å². The highest BCUT2D eigenvalue weighted by Crippen LogP contribution is 2.16. The van der Waals surface area contributed by atoms with Gasteiger partial charge in [0.2, 0.25) is 5.95 Å². The van der Waals surface area contributed by atoms with Crippen LogP contribution in [0.15, 0.2) is 39.0 Å². The molecule has 0 aliphatic rings. The molecule has 0 saturated carbocycles. The first-order valence-electron chi connectivity index (χ1n) is 8.15. The van der Waals surface area contributed by atoms with Crippen molar-refractivity contribution in [2.75, 3.05) is 5.43 Å². The fourth-order valence-corrected chi connectivity index (χ4v) is 2.81. The van der Waals surface area contributed by atoms with Gasteiger partial charge >= 0.3 is 5.69 Å². The van der Waals surface area contributed by atoms with Gasteiger partial charge in [-0.25, -0.2) is 10.2 Å². The van der Waals surface area contributed by atoms with E-state index in [1.54, 1.807) is 30.0 Å². The van der Waals surface area contributed by atoms with Crippen molar-refractivity contribution in [1.82, 2.24) is 18.7 Å². The Kier molecular flexibility index (Phi) is 4.94. The second-order valence-electron chi connectivity index (χ2n) is 5.89. The number of imidazole rings is 1. The minimum absolute atomic E-state index is 0.329. The lowest BCUT2D eigenvalue weighted by atomic mass is 10.2. The lowest BCUT2D eigenvalue weighted by molar-refractivity contribution is 0.679. The van der Waals surface area contributed by atoms with Crippen molar-refractivity contribution in [3.05, 3.63) is 55.7 Å². The maximum absolute atomic E-state index is 12.5. The third-order valence-corrected chi connectivity index (χ3v) is 4.30. The highest BCUT2D eigenvalue weighted by atomic mass is 35.5. The maximum Gasteiger partial charge on any atom is 0.332 e. The quantitative estimate of drug-likeness (QED) is 0.546. The average molecular weight is 375 g/mol. The van der Waals surface area contributed by atoms with Crippen LogP contribution >= 0.6 is 11.6 Å². The van der Waals surface area contributed by atoms with Crippen LogP contribution in [0, 0.1) is 0 Å². The van der Waals surface area contributed by atoms with Gasteiger partial charge < -0.3 is 4.57 Å². The molecular formula is C17H19ClN6O2. The lowest BCUT2D eigenvalue weighted by Gasteiger charge is -2.07. The topological polar surface area (TPSA) is 86.2 Å². The molecular weight excluding hydrogens is 356 g/mol. The van der Waals surface area contributed by atoms with Crippen LogP contribution in [0.5, 0.6) is 0 Å². The molecule has 136 valence electrons. The molecule has 0 aliphatic heterocycles. The Hall–Kier alpha value is -2.87. The maximum atomic E-state index is 12.5. The van der Waals surface area contributed by atoms with E-state index in [0.29, 0.717) is 28.7 Å². The normalized spacial score (nSPS) is 11.5. The number of anilines is 1. The summed E-state index contributed by atoms with van der Waals surface area (Å²) in [5.74, 6) is 0.408. The molecule has 0 saturated heterocycles. The summed E-state index contributed by atoms with van der Waals surface area (Å²) in [6, 6.07) is 7.22. The molecule has 0 amide bonds. The summed E-state index contributed by atoms with van der Waals surface area (Å²) in [7, 11) is 3.05. The van der Waals surface area contributed by atoms with Gasteiger partial charge in [0.1, 0.15) is 0 Å². The number of aryl methyl sites for hydroxylation is 2. The summed E-state index contributed by atoms with van der Waals surface area (Å²) >= 11 is 5.86. The van der Waals surface area contributed by atoms with Crippen molar-refractivity contribution in [3.8, 4) is 0 Å². The third-order valence-electron chi connectivity index (χ3n) is 4.04. The van der Waals surface area contributed by atoms with Gasteiger partial charge in [0.05, 0.1) is 6.21 Å². The van der Waals surface area contributed by atoms with E-state index in [-0.39, 0.29) is 5.56 Å². The second-order valence-corrected chi connectivity index (χ2v) is 6.32. The number of fused-ring (bicyclic) bond motifs is 1. The molecule has 0 bridgehead atoms. The Labute approximate surface area is 154 Å². The van der Waals surface area contributed by atoms with Crippen molar-refractivity contribution >= 4 is 34.9 Å². The Morgan fingerprint density at radius 2 is 1.88 bits per heavy atom. The van der Waals surface area contributed by atoms with Gasteiger partial charge in [0.25, 0.3) is 5.56 Å². The second kappa shape index (κ2) is 7.17. The molecule has 0 radical (unpaired) electrons. The van der Waals surface area contributed by atoms with E-state index < -0.39 is 5.69 Å². The smallest absolute Gasteiger partial charge is 0.303 e. The molecule has 9 heteroatoms. The predicted octanol–water partition coefficient (Wildman–Crippen LogP) is 1.94. The van der Waals surface area contributed by atoms with Crippen LogP contribution in [0.25, 0.3) is 11.2 Å². The van der Waals surface area contributed by atoms with E-state index in [9.17, 15) is 9.59 Å².